The van der Waals surface area contributed by atoms with Gasteiger partial charge in [-0.15, -0.1) is 0 Å². The normalized spacial score (nSPS) is 17.9. The molecule has 1 unspecified atom stereocenters. The van der Waals surface area contributed by atoms with Crippen molar-refractivity contribution in [3.05, 3.63) is 29.8 Å². The van der Waals surface area contributed by atoms with Crippen molar-refractivity contribution in [3.63, 3.8) is 0 Å². The zero-order valence-electron chi connectivity index (χ0n) is 13.2. The van der Waals surface area contributed by atoms with Crippen LogP contribution in [0.3, 0.4) is 0 Å². The van der Waals surface area contributed by atoms with E-state index >= 15 is 0 Å². The molecule has 1 aromatic rings. The number of rotatable bonds is 7. The second kappa shape index (κ2) is 6.93. The van der Waals surface area contributed by atoms with Gasteiger partial charge in [0.05, 0.1) is 0 Å². The Labute approximate surface area is 127 Å². The molecule has 1 N–H and O–H groups in total. The van der Waals surface area contributed by atoms with Crippen LogP contribution in [0.25, 0.3) is 0 Å². The van der Waals surface area contributed by atoms with Crippen molar-refractivity contribution < 1.29 is 4.74 Å². The summed E-state index contributed by atoms with van der Waals surface area (Å²) < 4.78 is 5.27. The maximum absolute atomic E-state index is 8.50. The van der Waals surface area contributed by atoms with Gasteiger partial charge in [0.15, 0.2) is 6.61 Å². The Morgan fingerprint density at radius 2 is 2.00 bits per heavy atom. The molecule has 0 amide bonds. The average Bonchev–Trinajstić information content (AvgIpc) is 2.44. The predicted molar refractivity (Wildman–Crippen MR) is 84.2 cm³/mol. The second-order valence-electron chi connectivity index (χ2n) is 6.09. The number of benzene rings is 1. The van der Waals surface area contributed by atoms with E-state index in [4.69, 9.17) is 10.00 Å². The van der Waals surface area contributed by atoms with E-state index in [1.165, 1.54) is 24.8 Å². The van der Waals surface area contributed by atoms with Crippen LogP contribution in [0.4, 0.5) is 0 Å². The Morgan fingerprint density at radius 3 is 2.48 bits per heavy atom. The summed E-state index contributed by atoms with van der Waals surface area (Å²) in [5.74, 6) is 0.747. The standard InChI is InChI=1S/C17H25N3O/c1-14(19-13-17(20(2)3)9-4-10-17)15-5-7-16(8-6-15)21-12-11-18/h5-8,14,19H,4,9-10,12-13H2,1-3H3. The zero-order valence-corrected chi connectivity index (χ0v) is 13.2. The lowest BCUT2D eigenvalue weighted by Crippen LogP contribution is -2.56. The number of ether oxygens (including phenoxy) is 1. The van der Waals surface area contributed by atoms with Crippen molar-refractivity contribution in [2.45, 2.75) is 37.8 Å². The Kier molecular flexibility index (Phi) is 5.22. The third-order valence-corrected chi connectivity index (χ3v) is 4.65. The van der Waals surface area contributed by atoms with E-state index in [1.54, 1.807) is 0 Å². The first-order valence-corrected chi connectivity index (χ1v) is 7.58. The molecule has 4 nitrogen and oxygen atoms in total. The minimum absolute atomic E-state index is 0.0957. The SMILES string of the molecule is CC(NCC1(N(C)C)CCC1)c1ccc(OCC#N)cc1. The minimum atomic E-state index is 0.0957. The lowest BCUT2D eigenvalue weighted by Gasteiger charge is -2.48. The molecule has 1 aromatic carbocycles. The van der Waals surface area contributed by atoms with Gasteiger partial charge >= 0.3 is 0 Å². The van der Waals surface area contributed by atoms with Crippen LogP contribution in [0.5, 0.6) is 5.75 Å². The van der Waals surface area contributed by atoms with Gasteiger partial charge in [0, 0.05) is 18.1 Å². The molecule has 0 aliphatic heterocycles. The van der Waals surface area contributed by atoms with Gasteiger partial charge in [0.25, 0.3) is 0 Å². The maximum Gasteiger partial charge on any atom is 0.174 e. The fourth-order valence-corrected chi connectivity index (χ4v) is 2.80. The van der Waals surface area contributed by atoms with E-state index in [9.17, 15) is 0 Å². The van der Waals surface area contributed by atoms with Crippen LogP contribution in [0.1, 0.15) is 37.8 Å². The van der Waals surface area contributed by atoms with Crippen LogP contribution in [0.2, 0.25) is 0 Å². The van der Waals surface area contributed by atoms with Crippen molar-refractivity contribution in [1.29, 1.82) is 5.26 Å². The monoisotopic (exact) mass is 287 g/mol. The lowest BCUT2D eigenvalue weighted by molar-refractivity contribution is 0.0576. The summed E-state index contributed by atoms with van der Waals surface area (Å²) in [6, 6.07) is 10.3. The van der Waals surface area contributed by atoms with Crippen LogP contribution < -0.4 is 10.1 Å². The van der Waals surface area contributed by atoms with Crippen molar-refractivity contribution in [2.24, 2.45) is 0 Å². The highest BCUT2D eigenvalue weighted by Gasteiger charge is 2.38. The van der Waals surface area contributed by atoms with Gasteiger partial charge in [-0.3, -0.25) is 0 Å². The highest BCUT2D eigenvalue weighted by molar-refractivity contribution is 5.29. The second-order valence-corrected chi connectivity index (χ2v) is 6.09. The Bertz CT molecular complexity index is 486. The topological polar surface area (TPSA) is 48.3 Å². The molecule has 0 spiro atoms. The minimum Gasteiger partial charge on any atom is -0.479 e. The van der Waals surface area contributed by atoms with Crippen LogP contribution >= 0.6 is 0 Å². The molecular weight excluding hydrogens is 262 g/mol. The maximum atomic E-state index is 8.50. The molecule has 0 saturated heterocycles. The molecule has 1 aliphatic carbocycles. The third-order valence-electron chi connectivity index (χ3n) is 4.65. The van der Waals surface area contributed by atoms with E-state index in [1.807, 2.05) is 18.2 Å². The molecule has 4 heteroatoms. The molecule has 0 radical (unpaired) electrons. The quantitative estimate of drug-likeness (QED) is 0.837. The predicted octanol–water partition coefficient (Wildman–Crippen LogP) is 2.72. The van der Waals surface area contributed by atoms with E-state index in [0.717, 1.165) is 12.3 Å². The molecule has 1 fully saturated rings. The van der Waals surface area contributed by atoms with Crippen molar-refractivity contribution >= 4 is 0 Å². The summed E-state index contributed by atoms with van der Waals surface area (Å²) in [5.41, 5.74) is 1.58. The number of hydrogen-bond acceptors (Lipinski definition) is 4. The van der Waals surface area contributed by atoms with Gasteiger partial charge in [-0.25, -0.2) is 0 Å². The molecule has 0 aromatic heterocycles. The largest absolute Gasteiger partial charge is 0.479 e. The van der Waals surface area contributed by atoms with E-state index in [-0.39, 0.29) is 6.61 Å². The highest BCUT2D eigenvalue weighted by Crippen LogP contribution is 2.36. The highest BCUT2D eigenvalue weighted by atomic mass is 16.5. The molecule has 2 rings (SSSR count). The number of nitrogens with one attached hydrogen (secondary N) is 1. The molecule has 0 bridgehead atoms. The average molecular weight is 287 g/mol. The van der Waals surface area contributed by atoms with Crippen molar-refractivity contribution in [2.75, 3.05) is 27.2 Å². The Morgan fingerprint density at radius 1 is 1.33 bits per heavy atom. The number of nitrogens with zero attached hydrogens (tertiary/aromatic N) is 2. The summed E-state index contributed by atoms with van der Waals surface area (Å²) in [6.45, 7) is 3.31. The molecular formula is C17H25N3O. The third kappa shape index (κ3) is 3.75. The van der Waals surface area contributed by atoms with Gasteiger partial charge in [-0.1, -0.05) is 12.1 Å². The summed E-state index contributed by atoms with van der Waals surface area (Å²) in [6.07, 6.45) is 3.89. The van der Waals surface area contributed by atoms with Gasteiger partial charge in [0.2, 0.25) is 0 Å². The number of hydrogen-bond donors (Lipinski definition) is 1. The van der Waals surface area contributed by atoms with E-state index < -0.39 is 0 Å². The molecule has 114 valence electrons. The molecule has 1 atom stereocenters. The molecule has 21 heavy (non-hydrogen) atoms. The number of nitriles is 1. The first-order valence-electron chi connectivity index (χ1n) is 7.58. The molecule has 1 aliphatic rings. The van der Waals surface area contributed by atoms with Crippen LogP contribution in [-0.4, -0.2) is 37.7 Å². The summed E-state index contributed by atoms with van der Waals surface area (Å²) >= 11 is 0. The zero-order chi connectivity index (χ0) is 15.3. The van der Waals surface area contributed by atoms with E-state index in [0.29, 0.717) is 11.6 Å². The Hall–Kier alpha value is -1.57. The number of likely N-dealkylation sites (N-methyl/N-ethyl adjacent to an activating group) is 1. The molecule has 0 heterocycles. The molecule has 1 saturated carbocycles. The van der Waals surface area contributed by atoms with Crippen molar-refractivity contribution in [3.8, 4) is 11.8 Å². The van der Waals surface area contributed by atoms with Gasteiger partial charge in [0.1, 0.15) is 11.8 Å². The summed E-state index contributed by atoms with van der Waals surface area (Å²) in [4.78, 5) is 2.36. The van der Waals surface area contributed by atoms with Gasteiger partial charge < -0.3 is 15.0 Å². The van der Waals surface area contributed by atoms with E-state index in [2.05, 4.69) is 43.4 Å². The summed E-state index contributed by atoms with van der Waals surface area (Å²) in [5, 5.41) is 12.2. The van der Waals surface area contributed by atoms with Crippen LogP contribution in [0, 0.1) is 11.3 Å². The first kappa shape index (κ1) is 15.8. The van der Waals surface area contributed by atoms with Crippen LogP contribution in [0.15, 0.2) is 24.3 Å². The fourth-order valence-electron chi connectivity index (χ4n) is 2.80. The first-order chi connectivity index (χ1) is 10.1. The smallest absolute Gasteiger partial charge is 0.174 e. The Balaban J connectivity index is 1.88. The summed E-state index contributed by atoms with van der Waals surface area (Å²) in [7, 11) is 4.35. The van der Waals surface area contributed by atoms with Gasteiger partial charge in [-0.05, 0) is 58.0 Å². The lowest BCUT2D eigenvalue weighted by atomic mass is 9.75. The van der Waals surface area contributed by atoms with Crippen LogP contribution in [-0.2, 0) is 0 Å². The fraction of sp³-hybridized carbons (Fsp3) is 0.588. The van der Waals surface area contributed by atoms with Gasteiger partial charge in [-0.2, -0.15) is 5.26 Å². The van der Waals surface area contributed by atoms with Crippen molar-refractivity contribution in [1.82, 2.24) is 10.2 Å².